The molecule has 0 atom stereocenters. The first-order valence-corrected chi connectivity index (χ1v) is 4.34. The molecule has 4 N–H and O–H groups in total. The number of H-pyrrole nitrogens is 1. The van der Waals surface area contributed by atoms with E-state index in [-0.39, 0.29) is 5.75 Å². The van der Waals surface area contributed by atoms with Crippen LogP contribution < -0.4 is 5.73 Å². The molecule has 5 heteroatoms. The van der Waals surface area contributed by atoms with E-state index in [4.69, 9.17) is 17.3 Å². The van der Waals surface area contributed by atoms with E-state index < -0.39 is 0 Å². The lowest BCUT2D eigenvalue weighted by molar-refractivity contribution is 0.477. The highest BCUT2D eigenvalue weighted by Crippen LogP contribution is 2.30. The molecule has 0 saturated heterocycles. The summed E-state index contributed by atoms with van der Waals surface area (Å²) in [5.74, 6) is 0.413. The summed E-state index contributed by atoms with van der Waals surface area (Å²) in [5, 5.41) is 10.1. The second kappa shape index (κ2) is 3.23. The number of nitrogen functional groups attached to an aromatic ring is 1. The summed E-state index contributed by atoms with van der Waals surface area (Å²) in [5.41, 5.74) is 6.71. The van der Waals surface area contributed by atoms with Crippen molar-refractivity contribution in [1.82, 2.24) is 9.97 Å². The highest BCUT2D eigenvalue weighted by molar-refractivity contribution is 6.30. The zero-order chi connectivity index (χ0) is 10.1. The molecule has 0 fully saturated rings. The van der Waals surface area contributed by atoms with E-state index in [1.807, 2.05) is 0 Å². The van der Waals surface area contributed by atoms with Crippen LogP contribution in [0.4, 0.5) is 5.95 Å². The van der Waals surface area contributed by atoms with Crippen LogP contribution in [-0.4, -0.2) is 15.1 Å². The van der Waals surface area contributed by atoms with E-state index in [0.717, 1.165) is 0 Å². The van der Waals surface area contributed by atoms with Crippen molar-refractivity contribution in [3.05, 3.63) is 29.4 Å². The van der Waals surface area contributed by atoms with Gasteiger partial charge in [0, 0.05) is 10.6 Å². The van der Waals surface area contributed by atoms with Gasteiger partial charge in [-0.25, -0.2) is 4.98 Å². The second-order valence-electron chi connectivity index (χ2n) is 2.84. The molecule has 0 spiro atoms. The molecule has 2 aromatic rings. The quantitative estimate of drug-likeness (QED) is 0.673. The van der Waals surface area contributed by atoms with Gasteiger partial charge in [-0.05, 0) is 18.2 Å². The predicted molar refractivity (Wildman–Crippen MR) is 55.1 cm³/mol. The van der Waals surface area contributed by atoms with Crippen molar-refractivity contribution in [2.45, 2.75) is 0 Å². The lowest BCUT2D eigenvalue weighted by Gasteiger charge is -2.01. The maximum absolute atomic E-state index is 9.58. The molecule has 0 aliphatic carbocycles. The smallest absolute Gasteiger partial charge is 0.197 e. The second-order valence-corrected chi connectivity index (χ2v) is 3.28. The van der Waals surface area contributed by atoms with Gasteiger partial charge in [0.25, 0.3) is 0 Å². The fourth-order valence-electron chi connectivity index (χ4n) is 1.21. The molecular weight excluding hydrogens is 202 g/mol. The van der Waals surface area contributed by atoms with Gasteiger partial charge in [0.2, 0.25) is 0 Å². The lowest BCUT2D eigenvalue weighted by Crippen LogP contribution is -1.85. The van der Waals surface area contributed by atoms with Crippen molar-refractivity contribution >= 4 is 17.5 Å². The Balaban J connectivity index is 2.52. The number of hydrogen-bond acceptors (Lipinski definition) is 3. The normalized spacial score (nSPS) is 10.4. The summed E-state index contributed by atoms with van der Waals surface area (Å²) in [6.07, 6.45) is 1.55. The number of phenols is 1. The number of anilines is 1. The van der Waals surface area contributed by atoms with Crippen LogP contribution in [0, 0.1) is 0 Å². The number of nitrogens with zero attached hydrogens (tertiary/aromatic N) is 1. The van der Waals surface area contributed by atoms with Gasteiger partial charge in [0.05, 0.1) is 11.9 Å². The number of hydrogen-bond donors (Lipinski definition) is 3. The van der Waals surface area contributed by atoms with E-state index in [1.54, 1.807) is 18.3 Å². The molecule has 0 aliphatic heterocycles. The topological polar surface area (TPSA) is 74.9 Å². The Kier molecular flexibility index (Phi) is 2.05. The Morgan fingerprint density at radius 1 is 1.43 bits per heavy atom. The van der Waals surface area contributed by atoms with Gasteiger partial charge in [0.15, 0.2) is 5.95 Å². The predicted octanol–water partition coefficient (Wildman–Crippen LogP) is 2.02. The molecule has 0 radical (unpaired) electrons. The molecule has 14 heavy (non-hydrogen) atoms. The van der Waals surface area contributed by atoms with Gasteiger partial charge in [-0.2, -0.15) is 0 Å². The standard InChI is InChI=1S/C9H8ClN3O/c10-5-1-2-6(8(14)3-5)7-4-12-9(11)13-7/h1-4,14H,(H3,11,12,13). The highest BCUT2D eigenvalue weighted by Gasteiger charge is 2.06. The van der Waals surface area contributed by atoms with E-state index in [2.05, 4.69) is 9.97 Å². The Morgan fingerprint density at radius 3 is 2.79 bits per heavy atom. The summed E-state index contributed by atoms with van der Waals surface area (Å²) < 4.78 is 0. The summed E-state index contributed by atoms with van der Waals surface area (Å²) in [6, 6.07) is 4.85. The largest absolute Gasteiger partial charge is 0.507 e. The van der Waals surface area contributed by atoms with E-state index in [0.29, 0.717) is 22.2 Å². The fourth-order valence-corrected chi connectivity index (χ4v) is 1.37. The molecule has 0 unspecified atom stereocenters. The van der Waals surface area contributed by atoms with Gasteiger partial charge in [-0.15, -0.1) is 0 Å². The summed E-state index contributed by atoms with van der Waals surface area (Å²) in [7, 11) is 0. The first-order valence-electron chi connectivity index (χ1n) is 3.96. The molecule has 72 valence electrons. The zero-order valence-electron chi connectivity index (χ0n) is 7.16. The van der Waals surface area contributed by atoms with Gasteiger partial charge < -0.3 is 15.8 Å². The molecule has 0 saturated carbocycles. The number of rotatable bonds is 1. The molecule has 0 bridgehead atoms. The van der Waals surface area contributed by atoms with Crippen LogP contribution in [0.5, 0.6) is 5.75 Å². The molecule has 1 aromatic carbocycles. The van der Waals surface area contributed by atoms with Crippen LogP contribution in [0.15, 0.2) is 24.4 Å². The lowest BCUT2D eigenvalue weighted by atomic mass is 10.1. The zero-order valence-corrected chi connectivity index (χ0v) is 7.92. The van der Waals surface area contributed by atoms with Crippen LogP contribution in [0.3, 0.4) is 0 Å². The minimum absolute atomic E-state index is 0.0983. The summed E-state index contributed by atoms with van der Waals surface area (Å²) >= 11 is 5.70. The number of halogens is 1. The number of benzene rings is 1. The van der Waals surface area contributed by atoms with Crippen molar-refractivity contribution < 1.29 is 5.11 Å². The minimum Gasteiger partial charge on any atom is -0.507 e. The van der Waals surface area contributed by atoms with Crippen LogP contribution in [-0.2, 0) is 0 Å². The number of aromatic amines is 1. The molecule has 2 rings (SSSR count). The van der Waals surface area contributed by atoms with E-state index >= 15 is 0 Å². The molecule has 4 nitrogen and oxygen atoms in total. The number of nitrogens with one attached hydrogen (secondary N) is 1. The molecule has 0 amide bonds. The summed E-state index contributed by atoms with van der Waals surface area (Å²) in [6.45, 7) is 0. The van der Waals surface area contributed by atoms with Gasteiger partial charge >= 0.3 is 0 Å². The average molecular weight is 210 g/mol. The van der Waals surface area contributed by atoms with Gasteiger partial charge in [0.1, 0.15) is 5.75 Å². The SMILES string of the molecule is Nc1ncc(-c2ccc(Cl)cc2O)[nH]1. The monoisotopic (exact) mass is 209 g/mol. The maximum Gasteiger partial charge on any atom is 0.197 e. The first-order chi connectivity index (χ1) is 6.66. The van der Waals surface area contributed by atoms with Crippen LogP contribution in [0.1, 0.15) is 0 Å². The number of imidazole rings is 1. The third-order valence-corrected chi connectivity index (χ3v) is 2.08. The third-order valence-electron chi connectivity index (χ3n) is 1.85. The maximum atomic E-state index is 9.58. The minimum atomic E-state index is 0.0983. The Bertz CT molecular complexity index is 467. The van der Waals surface area contributed by atoms with Crippen molar-refractivity contribution in [2.24, 2.45) is 0 Å². The molecule has 1 aromatic heterocycles. The van der Waals surface area contributed by atoms with Crippen LogP contribution in [0.2, 0.25) is 5.02 Å². The highest BCUT2D eigenvalue weighted by atomic mass is 35.5. The Labute approximate surface area is 85.4 Å². The number of aromatic hydroxyl groups is 1. The first kappa shape index (κ1) is 8.90. The van der Waals surface area contributed by atoms with Crippen molar-refractivity contribution in [2.75, 3.05) is 5.73 Å². The summed E-state index contributed by atoms with van der Waals surface area (Å²) in [4.78, 5) is 6.65. The van der Waals surface area contributed by atoms with Crippen molar-refractivity contribution in [3.63, 3.8) is 0 Å². The van der Waals surface area contributed by atoms with Gasteiger partial charge in [-0.1, -0.05) is 11.6 Å². The molecular formula is C9H8ClN3O. The molecule has 0 aliphatic rings. The average Bonchev–Trinajstić information content (AvgIpc) is 2.51. The van der Waals surface area contributed by atoms with Gasteiger partial charge in [-0.3, -0.25) is 0 Å². The van der Waals surface area contributed by atoms with Crippen molar-refractivity contribution in [3.8, 4) is 17.0 Å². The number of nitrogens with two attached hydrogens (primary N) is 1. The number of aromatic nitrogens is 2. The van der Waals surface area contributed by atoms with Crippen LogP contribution in [0.25, 0.3) is 11.3 Å². The third kappa shape index (κ3) is 1.52. The fraction of sp³-hybridized carbons (Fsp3) is 0. The van der Waals surface area contributed by atoms with Crippen molar-refractivity contribution in [1.29, 1.82) is 0 Å². The number of phenolic OH excluding ortho intramolecular Hbond substituents is 1. The molecule has 1 heterocycles. The Hall–Kier alpha value is -1.68. The van der Waals surface area contributed by atoms with E-state index in [1.165, 1.54) is 6.07 Å². The van der Waals surface area contributed by atoms with E-state index in [9.17, 15) is 5.11 Å². The van der Waals surface area contributed by atoms with Crippen LogP contribution >= 0.6 is 11.6 Å². The Morgan fingerprint density at radius 2 is 2.21 bits per heavy atom.